The molecule has 1 fully saturated rings. The average molecular weight is 325 g/mol. The Morgan fingerprint density at radius 2 is 2.05 bits per heavy atom. The molecule has 0 saturated carbocycles. The number of ether oxygens (including phenoxy) is 1. The van der Waals surface area contributed by atoms with Crippen LogP contribution >= 0.6 is 0 Å². The summed E-state index contributed by atoms with van der Waals surface area (Å²) in [5, 5.41) is -0.302. The van der Waals surface area contributed by atoms with Crippen LogP contribution in [0.25, 0.3) is 0 Å². The molecule has 1 aliphatic rings. The number of nitrogens with zero attached hydrogens (tertiary/aromatic N) is 1. The number of hydrogen-bond acceptors (Lipinski definition) is 4. The third-order valence-electron chi connectivity index (χ3n) is 4.33. The van der Waals surface area contributed by atoms with Crippen molar-refractivity contribution in [1.82, 2.24) is 4.90 Å². The lowest BCUT2D eigenvalue weighted by Crippen LogP contribution is -2.41. The van der Waals surface area contributed by atoms with E-state index in [1.165, 1.54) is 16.7 Å². The lowest BCUT2D eigenvalue weighted by molar-refractivity contribution is -0.0282. The molecular formula is C17H27NO3S. The largest absolute Gasteiger partial charge is 0.371 e. The summed E-state index contributed by atoms with van der Waals surface area (Å²) in [4.78, 5) is 2.20. The van der Waals surface area contributed by atoms with E-state index in [0.717, 1.165) is 13.1 Å². The van der Waals surface area contributed by atoms with E-state index in [1.807, 2.05) is 0 Å². The summed E-state index contributed by atoms with van der Waals surface area (Å²) in [5.74, 6) is 0.226. The van der Waals surface area contributed by atoms with Gasteiger partial charge in [0.1, 0.15) is 0 Å². The Bertz CT molecular complexity index is 610. The molecule has 1 saturated heterocycles. The first kappa shape index (κ1) is 17.4. The molecule has 1 aromatic rings. The van der Waals surface area contributed by atoms with Gasteiger partial charge >= 0.3 is 0 Å². The number of benzene rings is 1. The van der Waals surface area contributed by atoms with Gasteiger partial charge in [-0.1, -0.05) is 23.8 Å². The van der Waals surface area contributed by atoms with Gasteiger partial charge in [-0.2, -0.15) is 0 Å². The normalized spacial score (nSPS) is 20.5. The summed E-state index contributed by atoms with van der Waals surface area (Å²) in [6.45, 7) is 10.5. The van der Waals surface area contributed by atoms with Gasteiger partial charge in [0, 0.05) is 19.6 Å². The molecular weight excluding hydrogens is 298 g/mol. The molecule has 0 aromatic heterocycles. The van der Waals surface area contributed by atoms with Crippen molar-refractivity contribution in [1.29, 1.82) is 0 Å². The summed E-state index contributed by atoms with van der Waals surface area (Å²) in [6.07, 6.45) is 0.0381. The van der Waals surface area contributed by atoms with Gasteiger partial charge in [-0.25, -0.2) is 8.42 Å². The van der Waals surface area contributed by atoms with Crippen molar-refractivity contribution < 1.29 is 13.2 Å². The predicted molar refractivity (Wildman–Crippen MR) is 90.0 cm³/mol. The van der Waals surface area contributed by atoms with Gasteiger partial charge in [-0.3, -0.25) is 4.90 Å². The van der Waals surface area contributed by atoms with Gasteiger partial charge in [0.15, 0.2) is 9.84 Å². The van der Waals surface area contributed by atoms with E-state index in [9.17, 15) is 8.42 Å². The molecule has 1 heterocycles. The molecule has 4 nitrogen and oxygen atoms in total. The predicted octanol–water partition coefficient (Wildman–Crippen LogP) is 2.50. The fraction of sp³-hybridized carbons (Fsp3) is 0.647. The fourth-order valence-corrected chi connectivity index (χ4v) is 3.76. The van der Waals surface area contributed by atoms with Crippen molar-refractivity contribution >= 4 is 9.84 Å². The minimum absolute atomic E-state index is 0.0381. The Morgan fingerprint density at radius 3 is 2.68 bits per heavy atom. The van der Waals surface area contributed by atoms with Crippen molar-refractivity contribution in [3.63, 3.8) is 0 Å². The number of aryl methyl sites for hydroxylation is 2. The molecule has 124 valence electrons. The van der Waals surface area contributed by atoms with E-state index in [0.29, 0.717) is 13.2 Å². The van der Waals surface area contributed by atoms with Crippen LogP contribution in [0.15, 0.2) is 18.2 Å². The molecule has 22 heavy (non-hydrogen) atoms. The molecule has 0 spiro atoms. The zero-order valence-corrected chi connectivity index (χ0v) is 14.8. The fourth-order valence-electron chi connectivity index (χ4n) is 2.77. The second kappa shape index (κ2) is 7.11. The van der Waals surface area contributed by atoms with Gasteiger partial charge in [0.05, 0.1) is 23.7 Å². The zero-order chi connectivity index (χ0) is 16.3. The van der Waals surface area contributed by atoms with Gasteiger partial charge in [0.2, 0.25) is 0 Å². The van der Waals surface area contributed by atoms with Gasteiger partial charge < -0.3 is 4.74 Å². The molecule has 0 unspecified atom stereocenters. The highest BCUT2D eigenvalue weighted by atomic mass is 32.2. The summed E-state index contributed by atoms with van der Waals surface area (Å²) in [5.41, 5.74) is 3.70. The van der Waals surface area contributed by atoms with E-state index in [4.69, 9.17) is 4.74 Å². The summed E-state index contributed by atoms with van der Waals surface area (Å²) in [7, 11) is -2.98. The van der Waals surface area contributed by atoms with Crippen LogP contribution in [0.5, 0.6) is 0 Å². The van der Waals surface area contributed by atoms with E-state index in [-0.39, 0.29) is 17.1 Å². The van der Waals surface area contributed by atoms with Crippen LogP contribution in [-0.2, 0) is 14.6 Å². The molecule has 5 heteroatoms. The molecule has 1 aromatic carbocycles. The number of rotatable bonds is 5. The number of hydrogen-bond donors (Lipinski definition) is 0. The third kappa shape index (κ3) is 4.31. The molecule has 1 atom stereocenters. The maximum Gasteiger partial charge on any atom is 0.153 e. The molecule has 1 aliphatic heterocycles. The first-order chi connectivity index (χ1) is 10.3. The highest BCUT2D eigenvalue weighted by Gasteiger charge is 2.25. The maximum atomic E-state index is 12.0. The van der Waals surface area contributed by atoms with Crippen molar-refractivity contribution in [3.8, 4) is 0 Å². The maximum absolute atomic E-state index is 12.0. The first-order valence-electron chi connectivity index (χ1n) is 7.92. The molecule has 0 N–H and O–H groups in total. The van der Waals surface area contributed by atoms with E-state index in [2.05, 4.69) is 36.9 Å². The molecule has 0 radical (unpaired) electrons. The van der Waals surface area contributed by atoms with Crippen LogP contribution in [-0.4, -0.2) is 50.6 Å². The minimum atomic E-state index is -2.98. The van der Waals surface area contributed by atoms with Crippen LogP contribution in [0, 0.1) is 13.8 Å². The summed E-state index contributed by atoms with van der Waals surface area (Å²) >= 11 is 0. The number of morpholine rings is 1. The Hall–Kier alpha value is -0.910. The second-order valence-electron chi connectivity index (χ2n) is 6.44. The highest BCUT2D eigenvalue weighted by Crippen LogP contribution is 2.25. The molecule has 0 aliphatic carbocycles. The second-order valence-corrected chi connectivity index (χ2v) is 9.11. The van der Waals surface area contributed by atoms with Crippen LogP contribution in [0.1, 0.15) is 36.6 Å². The smallest absolute Gasteiger partial charge is 0.153 e. The Labute approximate surface area is 134 Å². The van der Waals surface area contributed by atoms with Crippen molar-refractivity contribution in [2.75, 3.05) is 32.0 Å². The Balaban J connectivity index is 2.00. The van der Waals surface area contributed by atoms with Gasteiger partial charge in [-0.05, 0) is 38.8 Å². The van der Waals surface area contributed by atoms with Crippen molar-refractivity contribution in [2.24, 2.45) is 0 Å². The Kier molecular flexibility index (Phi) is 5.64. The summed E-state index contributed by atoms with van der Waals surface area (Å²) in [6, 6.07) is 6.40. The van der Waals surface area contributed by atoms with E-state index < -0.39 is 9.84 Å². The van der Waals surface area contributed by atoms with Crippen LogP contribution in [0.4, 0.5) is 0 Å². The standard InChI is InChI=1S/C17H27NO3S/c1-13(2)22(19,20)10-8-18-7-9-21-17(12-18)16-6-5-14(3)11-15(16)4/h5-6,11,13,17H,7-10,12H2,1-4H3/t17-/m1/s1. The Morgan fingerprint density at radius 1 is 1.32 bits per heavy atom. The SMILES string of the molecule is Cc1ccc([C@H]2CN(CCS(=O)(=O)C(C)C)CCO2)c(C)c1. The number of sulfone groups is 1. The lowest BCUT2D eigenvalue weighted by Gasteiger charge is -2.33. The average Bonchev–Trinajstić information content (AvgIpc) is 2.45. The van der Waals surface area contributed by atoms with E-state index >= 15 is 0 Å². The zero-order valence-electron chi connectivity index (χ0n) is 14.0. The topological polar surface area (TPSA) is 46.6 Å². The van der Waals surface area contributed by atoms with Gasteiger partial charge in [-0.15, -0.1) is 0 Å². The minimum Gasteiger partial charge on any atom is -0.371 e. The van der Waals surface area contributed by atoms with Crippen molar-refractivity contribution in [2.45, 2.75) is 39.0 Å². The van der Waals surface area contributed by atoms with Crippen LogP contribution in [0.3, 0.4) is 0 Å². The summed E-state index contributed by atoms with van der Waals surface area (Å²) < 4.78 is 29.8. The monoisotopic (exact) mass is 325 g/mol. The van der Waals surface area contributed by atoms with Crippen LogP contribution < -0.4 is 0 Å². The van der Waals surface area contributed by atoms with E-state index in [1.54, 1.807) is 13.8 Å². The van der Waals surface area contributed by atoms with Gasteiger partial charge in [0.25, 0.3) is 0 Å². The molecule has 0 amide bonds. The third-order valence-corrected chi connectivity index (χ3v) is 6.52. The lowest BCUT2D eigenvalue weighted by atomic mass is 10.00. The quantitative estimate of drug-likeness (QED) is 0.834. The molecule has 2 rings (SSSR count). The highest BCUT2D eigenvalue weighted by molar-refractivity contribution is 7.92. The van der Waals surface area contributed by atoms with Crippen molar-refractivity contribution in [3.05, 3.63) is 34.9 Å². The van der Waals surface area contributed by atoms with Crippen LogP contribution in [0.2, 0.25) is 0 Å². The first-order valence-corrected chi connectivity index (χ1v) is 9.64. The molecule has 0 bridgehead atoms.